The summed E-state index contributed by atoms with van der Waals surface area (Å²) in [7, 11) is 0. The lowest BCUT2D eigenvalue weighted by molar-refractivity contribution is 0.341. The SMILES string of the molecule is CCCCCCCCCCCCCC1=NNC(C=S)N1c1ccccc1OCC. The van der Waals surface area contributed by atoms with E-state index in [0.29, 0.717) is 6.61 Å². The van der Waals surface area contributed by atoms with Crippen LogP contribution < -0.4 is 15.1 Å². The largest absolute Gasteiger partial charge is 0.492 e. The Labute approximate surface area is 183 Å². The van der Waals surface area contributed by atoms with E-state index in [1.165, 1.54) is 64.2 Å². The van der Waals surface area contributed by atoms with Crippen LogP contribution in [-0.2, 0) is 0 Å². The summed E-state index contributed by atoms with van der Waals surface area (Å²) >= 11 is 5.23. The molecule has 1 aromatic rings. The van der Waals surface area contributed by atoms with Gasteiger partial charge in [0.1, 0.15) is 17.8 Å². The van der Waals surface area contributed by atoms with Gasteiger partial charge in [-0.3, -0.25) is 10.3 Å². The Morgan fingerprint density at radius 1 is 0.966 bits per heavy atom. The van der Waals surface area contributed by atoms with Gasteiger partial charge in [-0.05, 0) is 25.5 Å². The van der Waals surface area contributed by atoms with Gasteiger partial charge in [0.05, 0.1) is 12.3 Å². The average molecular weight is 418 g/mol. The third kappa shape index (κ3) is 7.96. The zero-order chi connectivity index (χ0) is 20.7. The number of benzene rings is 1. The predicted molar refractivity (Wildman–Crippen MR) is 129 cm³/mol. The molecular formula is C24H39N3OS. The highest BCUT2D eigenvalue weighted by Gasteiger charge is 2.28. The minimum absolute atomic E-state index is 0.0886. The van der Waals surface area contributed by atoms with Crippen LogP contribution in [0.4, 0.5) is 5.69 Å². The molecule has 1 aliphatic heterocycles. The zero-order valence-electron chi connectivity index (χ0n) is 18.4. The van der Waals surface area contributed by atoms with Crippen LogP contribution in [0.25, 0.3) is 0 Å². The van der Waals surface area contributed by atoms with Crippen LogP contribution in [0.3, 0.4) is 0 Å². The van der Waals surface area contributed by atoms with E-state index in [4.69, 9.17) is 17.0 Å². The van der Waals surface area contributed by atoms with Crippen LogP contribution in [0.5, 0.6) is 5.75 Å². The van der Waals surface area contributed by atoms with E-state index in [-0.39, 0.29) is 6.17 Å². The lowest BCUT2D eigenvalue weighted by Crippen LogP contribution is -2.41. The van der Waals surface area contributed by atoms with Gasteiger partial charge in [0.15, 0.2) is 0 Å². The summed E-state index contributed by atoms with van der Waals surface area (Å²) in [5, 5.41) is 6.30. The molecular weight excluding hydrogens is 378 g/mol. The van der Waals surface area contributed by atoms with Crippen molar-refractivity contribution >= 4 is 29.1 Å². The molecule has 5 heteroatoms. The van der Waals surface area contributed by atoms with Crippen molar-refractivity contribution in [3.8, 4) is 5.75 Å². The Kier molecular flexibility index (Phi) is 11.7. The van der Waals surface area contributed by atoms with E-state index in [1.807, 2.05) is 25.1 Å². The molecule has 4 nitrogen and oxygen atoms in total. The van der Waals surface area contributed by atoms with Crippen LogP contribution in [-0.4, -0.2) is 24.0 Å². The number of hydrogen-bond acceptors (Lipinski definition) is 5. The summed E-state index contributed by atoms with van der Waals surface area (Å²) in [5.74, 6) is 1.94. The van der Waals surface area contributed by atoms with Crippen molar-refractivity contribution in [1.29, 1.82) is 0 Å². The number of para-hydroxylation sites is 2. The van der Waals surface area contributed by atoms with E-state index < -0.39 is 0 Å². The Bertz CT molecular complexity index is 620. The molecule has 0 radical (unpaired) electrons. The third-order valence-corrected chi connectivity index (χ3v) is 5.70. The van der Waals surface area contributed by atoms with E-state index >= 15 is 0 Å². The summed E-state index contributed by atoms with van der Waals surface area (Å²) in [5.41, 5.74) is 4.20. The lowest BCUT2D eigenvalue weighted by atomic mass is 10.0. The van der Waals surface area contributed by atoms with Gasteiger partial charge in [0.25, 0.3) is 0 Å². The van der Waals surface area contributed by atoms with E-state index in [1.54, 1.807) is 5.37 Å². The molecule has 1 unspecified atom stereocenters. The Morgan fingerprint density at radius 2 is 1.59 bits per heavy atom. The standard InChI is InChI=1S/C24H39N3OS/c1-3-5-6-7-8-9-10-11-12-13-14-19-23-25-26-24(20-29)27(23)21-17-15-16-18-22(21)28-4-2/h15-18,20,24,26H,3-14,19H2,1-2H3. The molecule has 1 atom stereocenters. The monoisotopic (exact) mass is 417 g/mol. The van der Waals surface area contributed by atoms with Crippen molar-refractivity contribution in [2.24, 2.45) is 5.10 Å². The summed E-state index contributed by atoms with van der Waals surface area (Å²) in [6.07, 6.45) is 15.7. The van der Waals surface area contributed by atoms with Gasteiger partial charge in [-0.15, -0.1) is 0 Å². The molecule has 0 saturated carbocycles. The molecule has 0 fully saturated rings. The summed E-state index contributed by atoms with van der Waals surface area (Å²) in [4.78, 5) is 2.19. The quantitative estimate of drug-likeness (QED) is 0.236. The van der Waals surface area contributed by atoms with Crippen LogP contribution in [0.15, 0.2) is 29.4 Å². The molecule has 1 heterocycles. The maximum absolute atomic E-state index is 5.83. The number of hydrazone groups is 1. The molecule has 0 bridgehead atoms. The summed E-state index contributed by atoms with van der Waals surface area (Å²) < 4.78 is 5.83. The minimum Gasteiger partial charge on any atom is -0.492 e. The highest BCUT2D eigenvalue weighted by Crippen LogP contribution is 2.31. The van der Waals surface area contributed by atoms with Crippen LogP contribution in [0, 0.1) is 0 Å². The first-order valence-corrected chi connectivity index (χ1v) is 12.1. The summed E-state index contributed by atoms with van der Waals surface area (Å²) in [6, 6.07) is 8.14. The van der Waals surface area contributed by atoms with Crippen molar-refractivity contribution in [3.63, 3.8) is 0 Å². The molecule has 29 heavy (non-hydrogen) atoms. The Balaban J connectivity index is 1.72. The van der Waals surface area contributed by atoms with Gasteiger partial charge in [0.2, 0.25) is 0 Å². The number of anilines is 1. The van der Waals surface area contributed by atoms with Gasteiger partial charge in [-0.25, -0.2) is 0 Å². The topological polar surface area (TPSA) is 36.9 Å². The van der Waals surface area contributed by atoms with Gasteiger partial charge < -0.3 is 4.74 Å². The molecule has 1 aromatic carbocycles. The van der Waals surface area contributed by atoms with Gasteiger partial charge in [0, 0.05) is 11.8 Å². The molecule has 0 aliphatic carbocycles. The Morgan fingerprint density at radius 3 is 2.21 bits per heavy atom. The van der Waals surface area contributed by atoms with Crippen LogP contribution in [0.1, 0.15) is 90.9 Å². The van der Waals surface area contributed by atoms with Crippen LogP contribution >= 0.6 is 12.2 Å². The second kappa shape index (κ2) is 14.4. The summed E-state index contributed by atoms with van der Waals surface area (Å²) in [6.45, 7) is 4.93. The predicted octanol–water partition coefficient (Wildman–Crippen LogP) is 6.84. The number of ether oxygens (including phenoxy) is 1. The molecule has 1 aliphatic rings. The minimum atomic E-state index is -0.0886. The number of nitrogens with zero attached hydrogens (tertiary/aromatic N) is 2. The van der Waals surface area contributed by atoms with Crippen molar-refractivity contribution < 1.29 is 4.74 Å². The fourth-order valence-corrected chi connectivity index (χ4v) is 4.03. The fourth-order valence-electron chi connectivity index (χ4n) is 3.85. The fraction of sp³-hybridized carbons (Fsp3) is 0.667. The van der Waals surface area contributed by atoms with E-state index in [9.17, 15) is 0 Å². The third-order valence-electron chi connectivity index (χ3n) is 5.44. The molecule has 0 saturated heterocycles. The molecule has 0 aromatic heterocycles. The number of unbranched alkanes of at least 4 members (excludes halogenated alkanes) is 10. The molecule has 162 valence electrons. The highest BCUT2D eigenvalue weighted by atomic mass is 32.1. The van der Waals surface area contributed by atoms with Gasteiger partial charge in [-0.1, -0.05) is 95.5 Å². The number of rotatable bonds is 16. The number of thiocarbonyl (C=S) groups is 1. The second-order valence-electron chi connectivity index (χ2n) is 7.79. The van der Waals surface area contributed by atoms with Crippen molar-refractivity contribution in [2.45, 2.75) is 97.1 Å². The normalized spacial score (nSPS) is 15.9. The molecule has 2 rings (SSSR count). The van der Waals surface area contributed by atoms with E-state index in [2.05, 4.69) is 28.4 Å². The van der Waals surface area contributed by atoms with Gasteiger partial charge >= 0.3 is 0 Å². The maximum Gasteiger partial charge on any atom is 0.150 e. The molecule has 0 amide bonds. The first-order chi connectivity index (χ1) is 14.3. The molecule has 1 N–H and O–H groups in total. The highest BCUT2D eigenvalue weighted by molar-refractivity contribution is 7.79. The second-order valence-corrected chi connectivity index (χ2v) is 8.07. The number of amidine groups is 1. The van der Waals surface area contributed by atoms with Gasteiger partial charge in [-0.2, -0.15) is 5.10 Å². The van der Waals surface area contributed by atoms with Crippen molar-refractivity contribution in [3.05, 3.63) is 24.3 Å². The van der Waals surface area contributed by atoms with Crippen molar-refractivity contribution in [1.82, 2.24) is 5.43 Å². The smallest absolute Gasteiger partial charge is 0.150 e. The molecule has 0 spiro atoms. The van der Waals surface area contributed by atoms with Crippen LogP contribution in [0.2, 0.25) is 0 Å². The zero-order valence-corrected chi connectivity index (χ0v) is 19.2. The lowest BCUT2D eigenvalue weighted by Gasteiger charge is -2.26. The average Bonchev–Trinajstić information content (AvgIpc) is 3.15. The maximum atomic E-state index is 5.83. The van der Waals surface area contributed by atoms with E-state index in [0.717, 1.165) is 30.1 Å². The number of nitrogens with one attached hydrogen (secondary N) is 1. The number of hydrogen-bond donors (Lipinski definition) is 1. The first kappa shape index (κ1) is 23.7. The Hall–Kier alpha value is -1.62. The first-order valence-electron chi connectivity index (χ1n) is 11.6. The van der Waals surface area contributed by atoms with Crippen molar-refractivity contribution in [2.75, 3.05) is 11.5 Å².